The molecule has 7 heteroatoms. The van der Waals surface area contributed by atoms with Crippen molar-refractivity contribution in [2.45, 2.75) is 50.7 Å². The maximum Gasteiger partial charge on any atom is 0.287 e. The average Bonchev–Trinajstić information content (AvgIpc) is 3.14. The molecule has 2 amide bonds. The van der Waals surface area contributed by atoms with Gasteiger partial charge in [-0.15, -0.1) is 0 Å². The van der Waals surface area contributed by atoms with Gasteiger partial charge in [0.1, 0.15) is 22.0 Å². The van der Waals surface area contributed by atoms with Gasteiger partial charge in [-0.05, 0) is 104 Å². The van der Waals surface area contributed by atoms with Gasteiger partial charge < -0.3 is 9.47 Å². The van der Waals surface area contributed by atoms with Gasteiger partial charge in [-0.1, -0.05) is 49.2 Å². The number of rotatable bonds is 11. The fourth-order valence-corrected chi connectivity index (χ4v) is 5.19. The van der Waals surface area contributed by atoms with Crippen molar-refractivity contribution in [3.63, 3.8) is 0 Å². The molecule has 188 valence electrons. The van der Waals surface area contributed by atoms with E-state index < -0.39 is 4.75 Å². The van der Waals surface area contributed by atoms with E-state index in [9.17, 15) is 9.59 Å². The molecule has 1 aliphatic rings. The summed E-state index contributed by atoms with van der Waals surface area (Å²) in [5, 5.41) is 2.77. The monoisotopic (exact) mass is 523 g/mol. The lowest BCUT2D eigenvalue weighted by atomic mass is 9.96. The molecule has 3 aromatic rings. The maximum absolute atomic E-state index is 12.3. The molecular weight excluding hydrogens is 494 g/mol. The Bertz CT molecular complexity index is 1230. The van der Waals surface area contributed by atoms with E-state index in [0.717, 1.165) is 77.8 Å². The standard InChI is InChI=1S/C29H30ClNO4S/c1-3-7-21-19-25(35-24-13-11-23(30)12-14-24)15-16-26(21)34-17-5-4-8-20-9-6-10-22(18-20)29(2)27(32)31-28(33)36-29/h6,9-16,18-19H,3-5,7-8,17H2,1-2H3,(H,31,32,33). The molecule has 5 nitrogen and oxygen atoms in total. The van der Waals surface area contributed by atoms with E-state index in [1.165, 1.54) is 0 Å². The van der Waals surface area contributed by atoms with Crippen LogP contribution in [-0.4, -0.2) is 17.8 Å². The summed E-state index contributed by atoms with van der Waals surface area (Å²) < 4.78 is 11.2. The number of halogens is 1. The summed E-state index contributed by atoms with van der Waals surface area (Å²) in [6.45, 7) is 4.57. The molecule has 0 spiro atoms. The van der Waals surface area contributed by atoms with Gasteiger partial charge >= 0.3 is 0 Å². The minimum absolute atomic E-state index is 0.254. The quantitative estimate of drug-likeness (QED) is 0.261. The number of nitrogens with one attached hydrogen (secondary N) is 1. The van der Waals surface area contributed by atoms with Crippen molar-refractivity contribution in [3.8, 4) is 17.2 Å². The fraction of sp³-hybridized carbons (Fsp3) is 0.310. The van der Waals surface area contributed by atoms with Gasteiger partial charge in [0.2, 0.25) is 5.91 Å². The van der Waals surface area contributed by atoms with E-state index >= 15 is 0 Å². The fourth-order valence-electron chi connectivity index (χ4n) is 4.16. The zero-order valence-electron chi connectivity index (χ0n) is 20.5. The lowest BCUT2D eigenvalue weighted by Gasteiger charge is -2.19. The van der Waals surface area contributed by atoms with E-state index in [1.807, 2.05) is 60.7 Å². The summed E-state index contributed by atoms with van der Waals surface area (Å²) in [6.07, 6.45) is 4.66. The number of hydrogen-bond acceptors (Lipinski definition) is 5. The highest BCUT2D eigenvalue weighted by molar-refractivity contribution is 8.15. The van der Waals surface area contributed by atoms with E-state index in [2.05, 4.69) is 18.3 Å². The lowest BCUT2D eigenvalue weighted by Crippen LogP contribution is -2.31. The second-order valence-corrected chi connectivity index (χ2v) is 10.8. The molecule has 0 aromatic heterocycles. The van der Waals surface area contributed by atoms with E-state index in [1.54, 1.807) is 6.92 Å². The largest absolute Gasteiger partial charge is 0.493 e. The van der Waals surface area contributed by atoms with Gasteiger partial charge in [0, 0.05) is 5.02 Å². The number of hydrogen-bond donors (Lipinski definition) is 1. The lowest BCUT2D eigenvalue weighted by molar-refractivity contribution is -0.121. The molecule has 36 heavy (non-hydrogen) atoms. The Kier molecular flexibility index (Phi) is 8.60. The van der Waals surface area contributed by atoms with Crippen molar-refractivity contribution in [1.29, 1.82) is 0 Å². The number of benzene rings is 3. The first-order chi connectivity index (χ1) is 17.4. The molecule has 1 aliphatic heterocycles. The average molecular weight is 524 g/mol. The Morgan fingerprint density at radius 2 is 1.72 bits per heavy atom. The smallest absolute Gasteiger partial charge is 0.287 e. The highest BCUT2D eigenvalue weighted by atomic mass is 35.5. The van der Waals surface area contributed by atoms with Crippen molar-refractivity contribution in [1.82, 2.24) is 5.32 Å². The van der Waals surface area contributed by atoms with Crippen LogP contribution in [0.5, 0.6) is 17.2 Å². The molecular formula is C29H30ClNO4S. The van der Waals surface area contributed by atoms with Crippen LogP contribution in [0.15, 0.2) is 66.7 Å². The topological polar surface area (TPSA) is 64.6 Å². The molecule has 1 saturated heterocycles. The number of aryl methyl sites for hydroxylation is 2. The van der Waals surface area contributed by atoms with Crippen LogP contribution >= 0.6 is 23.4 Å². The van der Waals surface area contributed by atoms with Crippen LogP contribution in [0.1, 0.15) is 49.8 Å². The Morgan fingerprint density at radius 3 is 2.44 bits per heavy atom. The van der Waals surface area contributed by atoms with Crippen molar-refractivity contribution in [2.75, 3.05) is 6.61 Å². The van der Waals surface area contributed by atoms with Crippen molar-refractivity contribution in [2.24, 2.45) is 0 Å². The van der Waals surface area contributed by atoms with Crippen LogP contribution in [0.3, 0.4) is 0 Å². The van der Waals surface area contributed by atoms with Crippen LogP contribution < -0.4 is 14.8 Å². The molecule has 1 heterocycles. The number of ether oxygens (including phenoxy) is 2. The molecule has 4 rings (SSSR count). The van der Waals surface area contributed by atoms with Gasteiger partial charge in [0.25, 0.3) is 5.24 Å². The number of unbranched alkanes of at least 4 members (excludes halogenated alkanes) is 1. The molecule has 0 saturated carbocycles. The molecule has 1 unspecified atom stereocenters. The third-order valence-electron chi connectivity index (χ3n) is 6.14. The van der Waals surface area contributed by atoms with Crippen LogP contribution in [-0.2, 0) is 22.4 Å². The Balaban J connectivity index is 1.30. The van der Waals surface area contributed by atoms with Gasteiger partial charge in [0.15, 0.2) is 0 Å². The van der Waals surface area contributed by atoms with Crippen molar-refractivity contribution in [3.05, 3.63) is 88.4 Å². The number of amides is 2. The molecule has 3 aromatic carbocycles. The first-order valence-electron chi connectivity index (χ1n) is 12.2. The van der Waals surface area contributed by atoms with Gasteiger partial charge in [-0.25, -0.2) is 0 Å². The molecule has 1 fully saturated rings. The minimum atomic E-state index is -0.866. The van der Waals surface area contributed by atoms with E-state index in [4.69, 9.17) is 21.1 Å². The van der Waals surface area contributed by atoms with Gasteiger partial charge in [0.05, 0.1) is 6.61 Å². The summed E-state index contributed by atoms with van der Waals surface area (Å²) >= 11 is 7.00. The summed E-state index contributed by atoms with van der Waals surface area (Å²) in [4.78, 5) is 23.9. The molecule has 0 radical (unpaired) electrons. The third kappa shape index (κ3) is 6.42. The number of carbonyl (C=O) groups is 2. The normalized spacial score (nSPS) is 17.2. The molecule has 0 bridgehead atoms. The second-order valence-electron chi connectivity index (χ2n) is 8.96. The molecule has 1 atom stereocenters. The minimum Gasteiger partial charge on any atom is -0.493 e. The van der Waals surface area contributed by atoms with Crippen molar-refractivity contribution < 1.29 is 19.1 Å². The Labute approximate surface area is 221 Å². The van der Waals surface area contributed by atoms with Crippen LogP contribution in [0.25, 0.3) is 0 Å². The SMILES string of the molecule is CCCc1cc(Oc2ccc(Cl)cc2)ccc1OCCCCc1cccc(C2(C)SC(=O)NC2=O)c1. The summed E-state index contributed by atoms with van der Waals surface area (Å²) in [7, 11) is 0. The zero-order valence-corrected chi connectivity index (χ0v) is 22.1. The Hall–Kier alpha value is -2.96. The zero-order chi connectivity index (χ0) is 25.5. The summed E-state index contributed by atoms with van der Waals surface area (Å²) in [6, 6.07) is 21.2. The predicted molar refractivity (Wildman–Crippen MR) is 145 cm³/mol. The number of carbonyl (C=O) groups excluding carboxylic acids is 2. The predicted octanol–water partition coefficient (Wildman–Crippen LogP) is 7.68. The second kappa shape index (κ2) is 11.8. The number of imide groups is 1. The van der Waals surface area contributed by atoms with Gasteiger partial charge in [-0.3, -0.25) is 14.9 Å². The number of thioether (sulfide) groups is 1. The van der Waals surface area contributed by atoms with Crippen LogP contribution in [0, 0.1) is 0 Å². The van der Waals surface area contributed by atoms with Gasteiger partial charge in [-0.2, -0.15) is 0 Å². The summed E-state index contributed by atoms with van der Waals surface area (Å²) in [5.74, 6) is 2.16. The van der Waals surface area contributed by atoms with E-state index in [-0.39, 0.29) is 11.1 Å². The van der Waals surface area contributed by atoms with Crippen molar-refractivity contribution >= 4 is 34.5 Å². The van der Waals surface area contributed by atoms with E-state index in [0.29, 0.717) is 11.6 Å². The first kappa shape index (κ1) is 26.1. The first-order valence-corrected chi connectivity index (χ1v) is 13.4. The molecule has 1 N–H and O–H groups in total. The third-order valence-corrected chi connectivity index (χ3v) is 7.51. The Morgan fingerprint density at radius 1 is 0.944 bits per heavy atom. The highest BCUT2D eigenvalue weighted by Crippen LogP contribution is 2.41. The maximum atomic E-state index is 12.3. The van der Waals surface area contributed by atoms with Crippen LogP contribution in [0.4, 0.5) is 4.79 Å². The van der Waals surface area contributed by atoms with Crippen LogP contribution in [0.2, 0.25) is 5.02 Å². The summed E-state index contributed by atoms with van der Waals surface area (Å²) in [5.41, 5.74) is 3.14. The molecule has 0 aliphatic carbocycles. The highest BCUT2D eigenvalue weighted by Gasteiger charge is 2.45.